The van der Waals surface area contributed by atoms with Gasteiger partial charge in [0.25, 0.3) is 5.56 Å². The molecule has 11 heteroatoms. The second-order valence-electron chi connectivity index (χ2n) is 8.42. The number of unbranched alkanes of at least 4 members (excludes halogenated alkanes) is 1. The zero-order valence-electron chi connectivity index (χ0n) is 20.9. The molecule has 1 aromatic heterocycles. The molecule has 1 amide bonds. The summed E-state index contributed by atoms with van der Waals surface area (Å²) in [6.45, 7) is 3.75. The van der Waals surface area contributed by atoms with E-state index in [4.69, 9.17) is 21.1 Å². The number of benzene rings is 2. The lowest BCUT2D eigenvalue weighted by atomic mass is 9.99. The summed E-state index contributed by atoms with van der Waals surface area (Å²) in [5, 5.41) is 2.70. The molecule has 2 aromatic carbocycles. The van der Waals surface area contributed by atoms with E-state index in [-0.39, 0.29) is 21.9 Å². The largest absolute Gasteiger partial charge is 0.495 e. The molecule has 0 fully saturated rings. The summed E-state index contributed by atoms with van der Waals surface area (Å²) in [6, 6.07) is 9.00. The first-order valence-electron chi connectivity index (χ1n) is 11.7. The van der Waals surface area contributed by atoms with E-state index in [2.05, 4.69) is 5.32 Å². The maximum absolute atomic E-state index is 13.6. The number of rotatable bonds is 9. The summed E-state index contributed by atoms with van der Waals surface area (Å²) in [5.74, 6) is -1.10. The number of ether oxygens (including phenoxy) is 2. The predicted octanol–water partition coefficient (Wildman–Crippen LogP) is 6.35. The number of carbonyl (C=O) groups excluding carboxylic acids is 2. The SMILES string of the molecule is CCCCOC(=O)c1ccc(NC(=O)C(C)n2cc(OC)c(-c3cc(Cl)ccc3C(F)(F)F)cc2=O)cc1. The smallest absolute Gasteiger partial charge is 0.417 e. The molecule has 0 saturated carbocycles. The van der Waals surface area contributed by atoms with E-state index in [0.29, 0.717) is 17.9 Å². The van der Waals surface area contributed by atoms with Gasteiger partial charge in [0.1, 0.15) is 11.8 Å². The lowest BCUT2D eigenvalue weighted by Crippen LogP contribution is -2.31. The van der Waals surface area contributed by atoms with Crippen LogP contribution < -0.4 is 15.6 Å². The maximum Gasteiger partial charge on any atom is 0.417 e. The minimum atomic E-state index is -4.70. The molecule has 3 rings (SSSR count). The molecule has 0 radical (unpaired) electrons. The predicted molar refractivity (Wildman–Crippen MR) is 138 cm³/mol. The molecule has 1 atom stereocenters. The van der Waals surface area contributed by atoms with Crippen LogP contribution in [0.4, 0.5) is 18.9 Å². The normalized spacial score (nSPS) is 12.1. The van der Waals surface area contributed by atoms with Crippen molar-refractivity contribution >= 4 is 29.2 Å². The van der Waals surface area contributed by atoms with Crippen molar-refractivity contribution in [2.24, 2.45) is 0 Å². The van der Waals surface area contributed by atoms with Crippen LogP contribution in [0.2, 0.25) is 5.02 Å². The third-order valence-electron chi connectivity index (χ3n) is 5.76. The summed E-state index contributed by atoms with van der Waals surface area (Å²) in [4.78, 5) is 37.8. The highest BCUT2D eigenvalue weighted by Gasteiger charge is 2.34. The number of hydrogen-bond donors (Lipinski definition) is 1. The Bertz CT molecular complexity index is 1370. The first-order chi connectivity index (χ1) is 18.0. The number of nitrogens with one attached hydrogen (secondary N) is 1. The Morgan fingerprint density at radius 3 is 2.37 bits per heavy atom. The highest BCUT2D eigenvalue weighted by molar-refractivity contribution is 6.30. The van der Waals surface area contributed by atoms with E-state index in [1.165, 1.54) is 44.5 Å². The standard InChI is InChI=1S/C27H26ClF3N2O5/c1-4-5-12-38-26(36)17-6-9-19(10-7-17)32-25(35)16(2)33-15-23(37-3)21(14-24(33)34)20-13-18(28)8-11-22(20)27(29,30)31/h6-11,13-16H,4-5,12H2,1-3H3,(H,32,35). The Balaban J connectivity index is 1.85. The van der Waals surface area contributed by atoms with E-state index >= 15 is 0 Å². The Labute approximate surface area is 222 Å². The quantitative estimate of drug-likeness (QED) is 0.248. The molecule has 38 heavy (non-hydrogen) atoms. The van der Waals surface area contributed by atoms with Crippen LogP contribution in [0.5, 0.6) is 5.75 Å². The van der Waals surface area contributed by atoms with Gasteiger partial charge in [-0.2, -0.15) is 13.2 Å². The van der Waals surface area contributed by atoms with Gasteiger partial charge in [0.15, 0.2) is 0 Å². The molecule has 202 valence electrons. The molecule has 0 spiro atoms. The van der Waals surface area contributed by atoms with Gasteiger partial charge in [-0.25, -0.2) is 4.79 Å². The van der Waals surface area contributed by atoms with Gasteiger partial charge in [-0.3, -0.25) is 14.2 Å². The number of nitrogens with zero attached hydrogens (tertiary/aromatic N) is 1. The van der Waals surface area contributed by atoms with Crippen LogP contribution in [0.15, 0.2) is 59.5 Å². The van der Waals surface area contributed by atoms with Crippen LogP contribution in [-0.2, 0) is 15.7 Å². The molecule has 1 unspecified atom stereocenters. The van der Waals surface area contributed by atoms with Crippen molar-refractivity contribution in [3.05, 3.63) is 81.2 Å². The van der Waals surface area contributed by atoms with Crippen LogP contribution in [0, 0.1) is 0 Å². The summed E-state index contributed by atoms with van der Waals surface area (Å²) in [7, 11) is 1.24. The van der Waals surface area contributed by atoms with Crippen molar-refractivity contribution in [3.63, 3.8) is 0 Å². The van der Waals surface area contributed by atoms with E-state index in [0.717, 1.165) is 41.7 Å². The van der Waals surface area contributed by atoms with Gasteiger partial charge < -0.3 is 14.8 Å². The van der Waals surface area contributed by atoms with Crippen molar-refractivity contribution in [2.75, 3.05) is 19.0 Å². The molecule has 1 N–H and O–H groups in total. The number of esters is 1. The van der Waals surface area contributed by atoms with E-state index in [1.54, 1.807) is 0 Å². The molecule has 0 aliphatic heterocycles. The fraction of sp³-hybridized carbons (Fsp3) is 0.296. The first kappa shape index (κ1) is 28.8. The second kappa shape index (κ2) is 12.2. The van der Waals surface area contributed by atoms with E-state index in [9.17, 15) is 27.6 Å². The van der Waals surface area contributed by atoms with Gasteiger partial charge in [-0.1, -0.05) is 24.9 Å². The number of methoxy groups -OCH3 is 1. The van der Waals surface area contributed by atoms with E-state index in [1.807, 2.05) is 6.92 Å². The second-order valence-corrected chi connectivity index (χ2v) is 8.86. The molecule has 3 aromatic rings. The third-order valence-corrected chi connectivity index (χ3v) is 5.99. The van der Waals surface area contributed by atoms with Crippen molar-refractivity contribution < 1.29 is 32.2 Å². The van der Waals surface area contributed by atoms with Crippen LogP contribution >= 0.6 is 11.6 Å². The van der Waals surface area contributed by atoms with Gasteiger partial charge in [0.2, 0.25) is 5.91 Å². The van der Waals surface area contributed by atoms with Crippen LogP contribution in [-0.4, -0.2) is 30.2 Å². The number of amides is 1. The third kappa shape index (κ3) is 6.74. The van der Waals surface area contributed by atoms with Crippen LogP contribution in [0.1, 0.15) is 48.7 Å². The highest BCUT2D eigenvalue weighted by Crippen LogP contribution is 2.41. The minimum absolute atomic E-state index is 0.0483. The lowest BCUT2D eigenvalue weighted by Gasteiger charge is -2.19. The van der Waals surface area contributed by atoms with Crippen molar-refractivity contribution in [1.82, 2.24) is 4.57 Å². The molecular formula is C27H26ClF3N2O5. The fourth-order valence-electron chi connectivity index (χ4n) is 3.65. The van der Waals surface area contributed by atoms with Gasteiger partial charge in [0, 0.05) is 22.3 Å². The topological polar surface area (TPSA) is 86.6 Å². The molecule has 0 aliphatic carbocycles. The van der Waals surface area contributed by atoms with Crippen molar-refractivity contribution in [3.8, 4) is 16.9 Å². The molecular weight excluding hydrogens is 525 g/mol. The Morgan fingerprint density at radius 2 is 1.76 bits per heavy atom. The number of halogens is 4. The molecule has 0 bridgehead atoms. The number of hydrogen-bond acceptors (Lipinski definition) is 5. The number of carbonyl (C=O) groups is 2. The fourth-order valence-corrected chi connectivity index (χ4v) is 3.82. The number of pyridine rings is 1. The summed E-state index contributed by atoms with van der Waals surface area (Å²) in [6.07, 6.45) is -1.87. The van der Waals surface area contributed by atoms with E-state index < -0.39 is 35.2 Å². The number of alkyl halides is 3. The summed E-state index contributed by atoms with van der Waals surface area (Å²) >= 11 is 5.94. The Morgan fingerprint density at radius 1 is 1.08 bits per heavy atom. The molecule has 7 nitrogen and oxygen atoms in total. The van der Waals surface area contributed by atoms with Crippen LogP contribution in [0.25, 0.3) is 11.1 Å². The molecule has 0 aliphatic rings. The van der Waals surface area contributed by atoms with Crippen molar-refractivity contribution in [1.29, 1.82) is 0 Å². The monoisotopic (exact) mass is 550 g/mol. The van der Waals surface area contributed by atoms with Gasteiger partial charge in [-0.15, -0.1) is 0 Å². The zero-order valence-corrected chi connectivity index (χ0v) is 21.7. The number of aromatic nitrogens is 1. The van der Waals surface area contributed by atoms with Gasteiger partial charge >= 0.3 is 12.1 Å². The lowest BCUT2D eigenvalue weighted by molar-refractivity contribution is -0.137. The van der Waals surface area contributed by atoms with Crippen molar-refractivity contribution in [2.45, 2.75) is 38.9 Å². The minimum Gasteiger partial charge on any atom is -0.495 e. The van der Waals surface area contributed by atoms with Crippen LogP contribution in [0.3, 0.4) is 0 Å². The average molecular weight is 551 g/mol. The Kier molecular flexibility index (Phi) is 9.22. The Hall–Kier alpha value is -3.79. The zero-order chi connectivity index (χ0) is 28.0. The number of anilines is 1. The summed E-state index contributed by atoms with van der Waals surface area (Å²) in [5.41, 5.74) is -1.45. The highest BCUT2D eigenvalue weighted by atomic mass is 35.5. The van der Waals surface area contributed by atoms with Gasteiger partial charge in [-0.05, 0) is 61.4 Å². The molecule has 1 heterocycles. The van der Waals surface area contributed by atoms with Gasteiger partial charge in [0.05, 0.1) is 31.0 Å². The maximum atomic E-state index is 13.6. The summed E-state index contributed by atoms with van der Waals surface area (Å²) < 4.78 is 52.3. The first-order valence-corrected chi connectivity index (χ1v) is 12.1. The average Bonchev–Trinajstić information content (AvgIpc) is 2.87. The molecule has 0 saturated heterocycles.